The number of methoxy groups -OCH3 is 2. The first-order chi connectivity index (χ1) is 16.0. The van der Waals surface area contributed by atoms with Crippen molar-refractivity contribution in [3.05, 3.63) is 65.4 Å². The smallest absolute Gasteiger partial charge is 0.337 e. The second-order valence-electron chi connectivity index (χ2n) is 8.55. The lowest BCUT2D eigenvalue weighted by atomic mass is 9.88. The molecule has 1 saturated heterocycles. The number of ether oxygens (including phenoxy) is 2. The van der Waals surface area contributed by atoms with Gasteiger partial charge in [0.2, 0.25) is 5.91 Å². The molecule has 7 nitrogen and oxygen atoms in total. The number of hydrogen-bond donors (Lipinski definition) is 2. The summed E-state index contributed by atoms with van der Waals surface area (Å²) in [6, 6.07) is 13.0. The van der Waals surface area contributed by atoms with Crippen LogP contribution < -0.4 is 10.1 Å². The molecule has 1 amide bonds. The van der Waals surface area contributed by atoms with Crippen LogP contribution in [0, 0.1) is 0 Å². The molecule has 1 atom stereocenters. The van der Waals surface area contributed by atoms with Crippen molar-refractivity contribution in [1.29, 1.82) is 0 Å². The van der Waals surface area contributed by atoms with Crippen LogP contribution >= 0.6 is 0 Å². The van der Waals surface area contributed by atoms with Crippen LogP contribution in [-0.2, 0) is 16.1 Å². The summed E-state index contributed by atoms with van der Waals surface area (Å²) in [5.41, 5.74) is 3.89. The summed E-state index contributed by atoms with van der Waals surface area (Å²) in [4.78, 5) is 29.9. The molecule has 4 rings (SSSR count). The molecule has 2 aromatic carbocycles. The number of carbonyl (C=O) groups excluding carboxylic acids is 2. The van der Waals surface area contributed by atoms with Gasteiger partial charge < -0.3 is 19.8 Å². The van der Waals surface area contributed by atoms with Gasteiger partial charge >= 0.3 is 5.97 Å². The third-order valence-electron chi connectivity index (χ3n) is 6.66. The van der Waals surface area contributed by atoms with Gasteiger partial charge in [-0.15, -0.1) is 0 Å². The number of aromatic amines is 1. The van der Waals surface area contributed by atoms with Crippen molar-refractivity contribution < 1.29 is 19.1 Å². The van der Waals surface area contributed by atoms with Crippen LogP contribution in [0.2, 0.25) is 0 Å². The van der Waals surface area contributed by atoms with Gasteiger partial charge in [-0.25, -0.2) is 4.79 Å². The van der Waals surface area contributed by atoms with Gasteiger partial charge in [-0.05, 0) is 80.2 Å². The number of esters is 1. The first-order valence-corrected chi connectivity index (χ1v) is 11.3. The minimum absolute atomic E-state index is 0.0160. The minimum Gasteiger partial charge on any atom is -0.497 e. The Kier molecular flexibility index (Phi) is 6.99. The van der Waals surface area contributed by atoms with Gasteiger partial charge in [0, 0.05) is 23.6 Å². The molecule has 1 unspecified atom stereocenters. The summed E-state index contributed by atoms with van der Waals surface area (Å²) in [5.74, 6) is 0.980. The Bertz CT molecular complexity index is 1110. The number of benzene rings is 2. The highest BCUT2D eigenvalue weighted by molar-refractivity contribution is 5.89. The van der Waals surface area contributed by atoms with E-state index in [1.807, 2.05) is 25.1 Å². The van der Waals surface area contributed by atoms with Crippen LogP contribution in [0.5, 0.6) is 5.75 Å². The number of likely N-dealkylation sites (tertiary alicyclic amines) is 1. The maximum absolute atomic E-state index is 12.7. The molecule has 1 aliphatic rings. The molecule has 174 valence electrons. The minimum atomic E-state index is -0.366. The SMILES string of the molecule is COC(=O)c1ccc(CNC(=O)C(C)N2CCC(c3c[nH]c4ccc(OC)cc34)CC2)cc1. The Balaban J connectivity index is 1.30. The summed E-state index contributed by atoms with van der Waals surface area (Å²) in [6.07, 6.45) is 4.14. The van der Waals surface area contributed by atoms with Crippen LogP contribution in [0.1, 0.15) is 47.2 Å². The average Bonchev–Trinajstić information content (AvgIpc) is 3.30. The van der Waals surface area contributed by atoms with Gasteiger partial charge in [-0.1, -0.05) is 12.1 Å². The quantitative estimate of drug-likeness (QED) is 0.536. The van der Waals surface area contributed by atoms with Crippen molar-refractivity contribution in [2.45, 2.75) is 38.3 Å². The fourth-order valence-electron chi connectivity index (χ4n) is 4.56. The molecule has 1 aromatic heterocycles. The average molecular weight is 450 g/mol. The van der Waals surface area contributed by atoms with Crippen molar-refractivity contribution in [3.8, 4) is 5.75 Å². The molecule has 3 aromatic rings. The molecular formula is C26H31N3O4. The van der Waals surface area contributed by atoms with E-state index in [1.54, 1.807) is 19.2 Å². The molecule has 7 heteroatoms. The molecule has 1 aliphatic heterocycles. The lowest BCUT2D eigenvalue weighted by Gasteiger charge is -2.35. The summed E-state index contributed by atoms with van der Waals surface area (Å²) >= 11 is 0. The number of fused-ring (bicyclic) bond motifs is 1. The van der Waals surface area contributed by atoms with Crippen LogP contribution in [0.15, 0.2) is 48.7 Å². The molecule has 0 spiro atoms. The lowest BCUT2D eigenvalue weighted by Crippen LogP contribution is -2.47. The second-order valence-corrected chi connectivity index (χ2v) is 8.55. The van der Waals surface area contributed by atoms with Crippen LogP contribution in [-0.4, -0.2) is 55.1 Å². The largest absolute Gasteiger partial charge is 0.497 e. The van der Waals surface area contributed by atoms with Crippen LogP contribution in [0.3, 0.4) is 0 Å². The Morgan fingerprint density at radius 2 is 1.85 bits per heavy atom. The van der Waals surface area contributed by atoms with E-state index in [-0.39, 0.29) is 17.9 Å². The fourth-order valence-corrected chi connectivity index (χ4v) is 4.56. The molecule has 0 aliphatic carbocycles. The molecule has 2 heterocycles. The highest BCUT2D eigenvalue weighted by atomic mass is 16.5. The van der Waals surface area contributed by atoms with Crippen molar-refractivity contribution in [2.24, 2.45) is 0 Å². The van der Waals surface area contributed by atoms with Crippen molar-refractivity contribution >= 4 is 22.8 Å². The van der Waals surface area contributed by atoms with E-state index in [0.717, 1.165) is 42.8 Å². The zero-order valence-electron chi connectivity index (χ0n) is 19.4. The highest BCUT2D eigenvalue weighted by Crippen LogP contribution is 2.35. The molecular weight excluding hydrogens is 418 g/mol. The van der Waals surface area contributed by atoms with E-state index < -0.39 is 0 Å². The number of nitrogens with one attached hydrogen (secondary N) is 2. The topological polar surface area (TPSA) is 83.7 Å². The third-order valence-corrected chi connectivity index (χ3v) is 6.66. The van der Waals surface area contributed by atoms with Gasteiger partial charge in [-0.2, -0.15) is 0 Å². The fraction of sp³-hybridized carbons (Fsp3) is 0.385. The molecule has 0 radical (unpaired) electrons. The predicted molar refractivity (Wildman–Crippen MR) is 127 cm³/mol. The first kappa shape index (κ1) is 22.9. The first-order valence-electron chi connectivity index (χ1n) is 11.3. The number of H-pyrrole nitrogens is 1. The molecule has 1 fully saturated rings. The van der Waals surface area contributed by atoms with E-state index in [9.17, 15) is 9.59 Å². The van der Waals surface area contributed by atoms with E-state index in [2.05, 4.69) is 33.5 Å². The van der Waals surface area contributed by atoms with Gasteiger partial charge in [0.05, 0.1) is 25.8 Å². The number of amides is 1. The Hall–Kier alpha value is -3.32. The molecule has 33 heavy (non-hydrogen) atoms. The maximum atomic E-state index is 12.7. The van der Waals surface area contributed by atoms with Crippen molar-refractivity contribution in [3.63, 3.8) is 0 Å². The van der Waals surface area contributed by atoms with E-state index in [1.165, 1.54) is 18.1 Å². The number of piperidine rings is 1. The maximum Gasteiger partial charge on any atom is 0.337 e. The van der Waals surface area contributed by atoms with E-state index in [4.69, 9.17) is 9.47 Å². The Morgan fingerprint density at radius 1 is 1.12 bits per heavy atom. The van der Waals surface area contributed by atoms with E-state index in [0.29, 0.717) is 18.0 Å². The Morgan fingerprint density at radius 3 is 2.52 bits per heavy atom. The van der Waals surface area contributed by atoms with Crippen LogP contribution in [0.4, 0.5) is 0 Å². The number of aromatic nitrogens is 1. The van der Waals surface area contributed by atoms with Gasteiger partial charge in [0.25, 0.3) is 0 Å². The summed E-state index contributed by atoms with van der Waals surface area (Å²) in [6.45, 7) is 4.15. The van der Waals surface area contributed by atoms with Crippen molar-refractivity contribution in [2.75, 3.05) is 27.3 Å². The zero-order valence-corrected chi connectivity index (χ0v) is 19.4. The Labute approximate surface area is 194 Å². The van der Waals surface area contributed by atoms with Gasteiger partial charge in [0.1, 0.15) is 5.75 Å². The van der Waals surface area contributed by atoms with Gasteiger partial charge in [-0.3, -0.25) is 9.69 Å². The summed E-state index contributed by atoms with van der Waals surface area (Å²) in [5, 5.41) is 4.24. The highest BCUT2D eigenvalue weighted by Gasteiger charge is 2.28. The molecule has 0 saturated carbocycles. The van der Waals surface area contributed by atoms with Crippen LogP contribution in [0.25, 0.3) is 10.9 Å². The molecule has 0 bridgehead atoms. The summed E-state index contributed by atoms with van der Waals surface area (Å²) in [7, 11) is 3.05. The lowest BCUT2D eigenvalue weighted by molar-refractivity contribution is -0.126. The normalized spacial score (nSPS) is 15.8. The predicted octanol–water partition coefficient (Wildman–Crippen LogP) is 3.85. The number of hydrogen-bond acceptors (Lipinski definition) is 5. The zero-order chi connectivity index (χ0) is 23.4. The number of nitrogens with zero attached hydrogens (tertiary/aromatic N) is 1. The summed E-state index contributed by atoms with van der Waals surface area (Å²) < 4.78 is 10.1. The van der Waals surface area contributed by atoms with Gasteiger partial charge in [0.15, 0.2) is 0 Å². The number of carbonyl (C=O) groups is 2. The standard InChI is InChI=1S/C26H31N3O4/c1-17(25(30)28-15-18-4-6-20(7-5-18)26(31)33-3)29-12-10-19(11-13-29)23-16-27-24-9-8-21(32-2)14-22(23)24/h4-9,14,16-17,19,27H,10-13,15H2,1-3H3,(H,28,30). The molecule has 2 N–H and O–H groups in total. The van der Waals surface area contributed by atoms with Crippen molar-refractivity contribution in [1.82, 2.24) is 15.2 Å². The third kappa shape index (κ3) is 5.03. The second kappa shape index (κ2) is 10.1. The monoisotopic (exact) mass is 449 g/mol. The van der Waals surface area contributed by atoms with E-state index >= 15 is 0 Å². The number of rotatable bonds is 7.